The maximum atomic E-state index is 12.4. The summed E-state index contributed by atoms with van der Waals surface area (Å²) in [5.74, 6) is 0.190. The van der Waals surface area contributed by atoms with Gasteiger partial charge < -0.3 is 21.1 Å². The first-order valence-electron chi connectivity index (χ1n) is 10.2. The average molecular weight is 419 g/mol. The number of aryl methyl sites for hydroxylation is 1. The van der Waals surface area contributed by atoms with E-state index in [2.05, 4.69) is 15.7 Å². The first kappa shape index (κ1) is 20.5. The summed E-state index contributed by atoms with van der Waals surface area (Å²) in [5.41, 5.74) is 9.22. The maximum absolute atomic E-state index is 12.4. The van der Waals surface area contributed by atoms with Crippen molar-refractivity contribution in [2.45, 2.75) is 38.8 Å². The monoisotopic (exact) mass is 419 g/mol. The van der Waals surface area contributed by atoms with Crippen molar-refractivity contribution in [1.29, 1.82) is 0 Å². The Morgan fingerprint density at radius 1 is 1.19 bits per heavy atom. The summed E-state index contributed by atoms with van der Waals surface area (Å²) in [6, 6.07) is 15.0. The van der Waals surface area contributed by atoms with Gasteiger partial charge in [0.05, 0.1) is 17.9 Å². The van der Waals surface area contributed by atoms with Gasteiger partial charge in [-0.1, -0.05) is 36.4 Å². The number of aromatic nitrogens is 2. The number of amides is 2. The number of nitrogens with two attached hydrogens (primary N) is 1. The number of carbonyl (C=O) groups is 2. The zero-order valence-corrected chi connectivity index (χ0v) is 17.5. The summed E-state index contributed by atoms with van der Waals surface area (Å²) in [6.07, 6.45) is 2.79. The van der Waals surface area contributed by atoms with Crippen molar-refractivity contribution < 1.29 is 14.3 Å². The Balaban J connectivity index is 1.49. The smallest absolute Gasteiger partial charge is 0.405 e. The molecule has 2 amide bonds. The molecule has 0 aliphatic heterocycles. The van der Waals surface area contributed by atoms with E-state index < -0.39 is 6.09 Å². The van der Waals surface area contributed by atoms with Gasteiger partial charge in [-0.3, -0.25) is 4.79 Å². The van der Waals surface area contributed by atoms with E-state index in [4.69, 9.17) is 10.5 Å². The van der Waals surface area contributed by atoms with Crippen LogP contribution in [-0.4, -0.2) is 27.8 Å². The zero-order chi connectivity index (χ0) is 22.0. The molecule has 160 valence electrons. The van der Waals surface area contributed by atoms with Gasteiger partial charge in [-0.15, -0.1) is 0 Å². The van der Waals surface area contributed by atoms with Crippen molar-refractivity contribution in [2.24, 2.45) is 0 Å². The van der Waals surface area contributed by atoms with Gasteiger partial charge in [0.2, 0.25) is 0 Å². The van der Waals surface area contributed by atoms with Gasteiger partial charge >= 0.3 is 6.09 Å². The fourth-order valence-corrected chi connectivity index (χ4v) is 3.22. The molecule has 1 aliphatic carbocycles. The number of carbonyl (C=O) groups excluding carboxylic acids is 2. The van der Waals surface area contributed by atoms with E-state index in [1.165, 1.54) is 10.9 Å². The molecular weight excluding hydrogens is 394 g/mol. The normalized spacial score (nSPS) is 14.0. The third kappa shape index (κ3) is 4.69. The number of nitrogens with zero attached hydrogens (tertiary/aromatic N) is 2. The highest BCUT2D eigenvalue weighted by atomic mass is 16.6. The molecule has 31 heavy (non-hydrogen) atoms. The Bertz CT molecular complexity index is 1110. The number of ether oxygens (including phenoxy) is 1. The number of hydrogen-bond donors (Lipinski definition) is 3. The number of benzene rings is 2. The first-order chi connectivity index (χ1) is 14.9. The largest absolute Gasteiger partial charge is 0.413 e. The average Bonchev–Trinajstić information content (AvgIpc) is 3.51. The highest BCUT2D eigenvalue weighted by molar-refractivity contribution is 5.95. The molecule has 3 aromatic rings. The molecule has 1 atom stereocenters. The number of rotatable bonds is 6. The summed E-state index contributed by atoms with van der Waals surface area (Å²) in [6.45, 7) is 3.76. The summed E-state index contributed by atoms with van der Waals surface area (Å²) < 4.78 is 6.85. The van der Waals surface area contributed by atoms with Crippen molar-refractivity contribution in [2.75, 3.05) is 5.73 Å². The molecule has 4 N–H and O–H groups in total. The highest BCUT2D eigenvalue weighted by Gasteiger charge is 2.24. The molecule has 1 fully saturated rings. The van der Waals surface area contributed by atoms with Gasteiger partial charge in [0.15, 0.2) is 11.6 Å². The Labute approximate surface area is 180 Å². The van der Waals surface area contributed by atoms with Crippen LogP contribution in [0, 0.1) is 6.92 Å². The van der Waals surface area contributed by atoms with Gasteiger partial charge in [-0.05, 0) is 49.9 Å². The summed E-state index contributed by atoms with van der Waals surface area (Å²) in [5, 5.41) is 10.0. The number of hydrogen-bond acceptors (Lipinski definition) is 5. The maximum Gasteiger partial charge on any atom is 0.413 e. The van der Waals surface area contributed by atoms with Crippen LogP contribution in [0.25, 0.3) is 5.69 Å². The predicted molar refractivity (Wildman–Crippen MR) is 117 cm³/mol. The summed E-state index contributed by atoms with van der Waals surface area (Å²) in [4.78, 5) is 24.7. The van der Waals surface area contributed by atoms with Crippen LogP contribution in [0.3, 0.4) is 0 Å². The molecule has 0 radical (unpaired) electrons. The number of nitrogens with one attached hydrogen (secondary N) is 2. The molecule has 1 heterocycles. The second-order valence-electron chi connectivity index (χ2n) is 7.72. The van der Waals surface area contributed by atoms with Crippen LogP contribution in [0.1, 0.15) is 47.3 Å². The molecular formula is C23H25N5O3. The van der Waals surface area contributed by atoms with Crippen LogP contribution in [0.5, 0.6) is 5.75 Å². The summed E-state index contributed by atoms with van der Waals surface area (Å²) in [7, 11) is 0. The molecule has 1 saturated carbocycles. The lowest BCUT2D eigenvalue weighted by atomic mass is 10.1. The quantitative estimate of drug-likeness (QED) is 0.566. The van der Waals surface area contributed by atoms with Crippen LogP contribution in [-0.2, 0) is 0 Å². The Morgan fingerprint density at radius 2 is 1.94 bits per heavy atom. The Morgan fingerprint density at radius 3 is 2.65 bits per heavy atom. The minimum atomic E-state index is -0.628. The first-order valence-corrected chi connectivity index (χ1v) is 10.2. The zero-order valence-electron chi connectivity index (χ0n) is 17.5. The molecule has 1 aromatic heterocycles. The molecule has 1 aliphatic rings. The van der Waals surface area contributed by atoms with Crippen LogP contribution in [0.2, 0.25) is 0 Å². The van der Waals surface area contributed by atoms with Crippen LogP contribution in [0.15, 0.2) is 54.7 Å². The standard InChI is InChI=1S/C23H25N5O3/c1-14-8-9-17(22(29)27-18-10-11-18)12-19(14)28-21(24)20(13-25-28)31-23(30)26-15(2)16-6-4-3-5-7-16/h3-9,12-13,15,18H,10-11,24H2,1-2H3,(H,26,30)(H,27,29). The Hall–Kier alpha value is -3.81. The predicted octanol–water partition coefficient (Wildman–Crippen LogP) is 3.50. The van der Waals surface area contributed by atoms with Crippen molar-refractivity contribution >= 4 is 17.8 Å². The third-order valence-electron chi connectivity index (χ3n) is 5.22. The molecule has 0 saturated heterocycles. The van der Waals surface area contributed by atoms with E-state index in [0.717, 1.165) is 24.0 Å². The van der Waals surface area contributed by atoms with E-state index in [1.807, 2.05) is 50.2 Å². The lowest BCUT2D eigenvalue weighted by Gasteiger charge is -2.14. The fourth-order valence-electron chi connectivity index (χ4n) is 3.22. The Kier molecular flexibility index (Phi) is 5.62. The van der Waals surface area contributed by atoms with Crippen molar-refractivity contribution in [1.82, 2.24) is 20.4 Å². The van der Waals surface area contributed by atoms with Crippen LogP contribution < -0.4 is 21.1 Å². The minimum Gasteiger partial charge on any atom is -0.405 e. The van der Waals surface area contributed by atoms with E-state index >= 15 is 0 Å². The van der Waals surface area contributed by atoms with E-state index in [0.29, 0.717) is 11.3 Å². The van der Waals surface area contributed by atoms with Gasteiger partial charge in [-0.2, -0.15) is 5.10 Å². The minimum absolute atomic E-state index is 0.125. The van der Waals surface area contributed by atoms with E-state index in [9.17, 15) is 9.59 Å². The summed E-state index contributed by atoms with van der Waals surface area (Å²) >= 11 is 0. The van der Waals surface area contributed by atoms with Crippen LogP contribution >= 0.6 is 0 Å². The molecule has 0 spiro atoms. The SMILES string of the molecule is Cc1ccc(C(=O)NC2CC2)cc1-n1ncc(OC(=O)NC(C)c2ccccc2)c1N. The van der Waals surface area contributed by atoms with Crippen molar-refractivity contribution in [3.05, 3.63) is 71.4 Å². The van der Waals surface area contributed by atoms with Gasteiger partial charge in [-0.25, -0.2) is 9.48 Å². The lowest BCUT2D eigenvalue weighted by Crippen LogP contribution is -2.29. The van der Waals surface area contributed by atoms with Crippen LogP contribution in [0.4, 0.5) is 10.6 Å². The molecule has 2 aromatic carbocycles. The number of nitrogen functional groups attached to an aromatic ring is 1. The molecule has 0 bridgehead atoms. The van der Waals surface area contributed by atoms with Crippen molar-refractivity contribution in [3.8, 4) is 11.4 Å². The second kappa shape index (κ2) is 8.51. The topological polar surface area (TPSA) is 111 Å². The van der Waals surface area contributed by atoms with E-state index in [-0.39, 0.29) is 29.6 Å². The number of anilines is 1. The molecule has 4 rings (SSSR count). The highest BCUT2D eigenvalue weighted by Crippen LogP contribution is 2.27. The van der Waals surface area contributed by atoms with Crippen molar-refractivity contribution in [3.63, 3.8) is 0 Å². The molecule has 8 heteroatoms. The second-order valence-corrected chi connectivity index (χ2v) is 7.72. The third-order valence-corrected chi connectivity index (χ3v) is 5.22. The molecule has 8 nitrogen and oxygen atoms in total. The lowest BCUT2D eigenvalue weighted by molar-refractivity contribution is 0.0951. The van der Waals surface area contributed by atoms with Gasteiger partial charge in [0.1, 0.15) is 0 Å². The van der Waals surface area contributed by atoms with E-state index in [1.54, 1.807) is 12.1 Å². The molecule has 1 unspecified atom stereocenters. The van der Waals surface area contributed by atoms with Gasteiger partial charge in [0.25, 0.3) is 5.91 Å². The fraction of sp³-hybridized carbons (Fsp3) is 0.261. The van der Waals surface area contributed by atoms with Gasteiger partial charge in [0, 0.05) is 11.6 Å².